The fourth-order valence-corrected chi connectivity index (χ4v) is 2.26. The van der Waals surface area contributed by atoms with Gasteiger partial charge in [0.15, 0.2) is 0 Å². The lowest BCUT2D eigenvalue weighted by Crippen LogP contribution is -2.46. The van der Waals surface area contributed by atoms with E-state index in [1.165, 1.54) is 32.5 Å². The van der Waals surface area contributed by atoms with E-state index in [-0.39, 0.29) is 0 Å². The lowest BCUT2D eigenvalue weighted by molar-refractivity contribution is 0.0603. The molecule has 3 aliphatic rings. The first-order valence-corrected chi connectivity index (χ1v) is 4.23. The van der Waals surface area contributed by atoms with Crippen LogP contribution in [-0.4, -0.2) is 24.5 Å². The molecule has 3 aliphatic heterocycles. The molecule has 0 amide bonds. The van der Waals surface area contributed by atoms with E-state index in [4.69, 9.17) is 9.15 Å². The van der Waals surface area contributed by atoms with Crippen molar-refractivity contribution in [3.05, 3.63) is 0 Å². The van der Waals surface area contributed by atoms with Gasteiger partial charge in [-0.05, 0) is 37.8 Å². The van der Waals surface area contributed by atoms with Crippen LogP contribution in [0, 0.1) is 11.8 Å². The summed E-state index contributed by atoms with van der Waals surface area (Å²) >= 11 is 0. The Hall–Kier alpha value is -0.180. The van der Waals surface area contributed by atoms with E-state index in [0.29, 0.717) is 0 Å². The first-order chi connectivity index (χ1) is 5.36. The highest BCUT2D eigenvalue weighted by molar-refractivity contribution is 4.83. The van der Waals surface area contributed by atoms with Crippen molar-refractivity contribution in [2.24, 2.45) is 11.8 Å². The number of hydrogen-bond acceptors (Lipinski definition) is 1. The summed E-state index contributed by atoms with van der Waals surface area (Å²) in [4.78, 5) is 2.60. The van der Waals surface area contributed by atoms with Gasteiger partial charge in [-0.25, -0.2) is 0 Å². The van der Waals surface area contributed by atoms with Crippen LogP contribution in [0.4, 0.5) is 9.15 Å². The van der Waals surface area contributed by atoms with E-state index < -0.39 is 0 Å². The maximum atomic E-state index is 8.00. The van der Waals surface area contributed by atoms with Crippen LogP contribution in [0.1, 0.15) is 19.8 Å². The summed E-state index contributed by atoms with van der Waals surface area (Å²) in [6, 6.07) is 0. The highest BCUT2D eigenvalue weighted by atomic mass is 20.0. The first-order valence-electron chi connectivity index (χ1n) is 4.23. The van der Waals surface area contributed by atoms with E-state index in [1.807, 2.05) is 0 Å². The topological polar surface area (TPSA) is 3.24 Å². The summed E-state index contributed by atoms with van der Waals surface area (Å²) in [5, 5.41) is 0. The highest BCUT2D eigenvalue weighted by Gasteiger charge is 2.30. The smallest absolute Gasteiger partial charge is 0.000968 e. The van der Waals surface area contributed by atoms with Crippen LogP contribution in [0.2, 0.25) is 0 Å². The van der Waals surface area contributed by atoms with Crippen molar-refractivity contribution in [3.8, 4) is 0 Å². The van der Waals surface area contributed by atoms with Crippen molar-refractivity contribution in [2.45, 2.75) is 19.8 Å². The summed E-state index contributed by atoms with van der Waals surface area (Å²) < 4.78 is 16.0. The Labute approximate surface area is 66.2 Å². The number of piperidine rings is 3. The average Bonchev–Trinajstić information content (AvgIpc) is 2.10. The van der Waals surface area contributed by atoms with Gasteiger partial charge in [0.2, 0.25) is 0 Å². The third-order valence-corrected chi connectivity index (χ3v) is 2.98. The molecule has 0 saturated carbocycles. The SMILES string of the molecule is C[C@H]1CN2CCC1CC2.FF. The van der Waals surface area contributed by atoms with Crippen LogP contribution >= 0.6 is 0 Å². The molecule has 66 valence electrons. The Bertz CT molecular complexity index is 111. The predicted octanol–water partition coefficient (Wildman–Crippen LogP) is 2.19. The molecular weight excluding hydrogens is 148 g/mol. The molecule has 3 heterocycles. The molecule has 3 heteroatoms. The van der Waals surface area contributed by atoms with E-state index in [0.717, 1.165) is 11.8 Å². The Kier molecular flexibility index (Phi) is 3.24. The molecule has 3 saturated heterocycles. The summed E-state index contributed by atoms with van der Waals surface area (Å²) in [7, 11) is 0. The molecule has 0 spiro atoms. The number of hydrogen-bond donors (Lipinski definition) is 0. The molecule has 0 aliphatic carbocycles. The van der Waals surface area contributed by atoms with Crippen LogP contribution in [-0.2, 0) is 0 Å². The maximum Gasteiger partial charge on any atom is 0.000968 e. The van der Waals surface area contributed by atoms with Gasteiger partial charge in [-0.1, -0.05) is 6.92 Å². The molecule has 1 nitrogen and oxygen atoms in total. The van der Waals surface area contributed by atoms with Crippen molar-refractivity contribution in [1.82, 2.24) is 4.90 Å². The molecule has 0 radical (unpaired) electrons. The normalized spacial score (nSPS) is 41.2. The highest BCUT2D eigenvalue weighted by Crippen LogP contribution is 2.31. The molecule has 3 rings (SSSR count). The second-order valence-electron chi connectivity index (χ2n) is 3.62. The van der Waals surface area contributed by atoms with E-state index in [2.05, 4.69) is 11.8 Å². The lowest BCUT2D eigenvalue weighted by atomic mass is 9.80. The fraction of sp³-hybridized carbons (Fsp3) is 1.00. The number of nitrogens with zero attached hydrogens (tertiary/aromatic N) is 1. The van der Waals surface area contributed by atoms with Crippen molar-refractivity contribution >= 4 is 0 Å². The fourth-order valence-electron chi connectivity index (χ4n) is 2.26. The van der Waals surface area contributed by atoms with Crippen LogP contribution in [0.5, 0.6) is 0 Å². The minimum atomic E-state index is 0.993. The average molecular weight is 163 g/mol. The number of fused-ring (bicyclic) bond motifs is 3. The van der Waals surface area contributed by atoms with Crippen LogP contribution in [0.3, 0.4) is 0 Å². The predicted molar refractivity (Wildman–Crippen MR) is 40.5 cm³/mol. The Morgan fingerprint density at radius 3 is 1.91 bits per heavy atom. The van der Waals surface area contributed by atoms with Gasteiger partial charge < -0.3 is 4.90 Å². The van der Waals surface area contributed by atoms with Gasteiger partial charge in [0.1, 0.15) is 0 Å². The number of halogens is 2. The van der Waals surface area contributed by atoms with Crippen LogP contribution in [0.25, 0.3) is 0 Å². The molecule has 0 unspecified atom stereocenters. The van der Waals surface area contributed by atoms with Gasteiger partial charge in [0.25, 0.3) is 0 Å². The van der Waals surface area contributed by atoms with Gasteiger partial charge >= 0.3 is 0 Å². The zero-order valence-electron chi connectivity index (χ0n) is 6.89. The minimum Gasteiger partial charge on any atom is -0.303 e. The van der Waals surface area contributed by atoms with Gasteiger partial charge in [-0.2, -0.15) is 0 Å². The second kappa shape index (κ2) is 4.00. The first kappa shape index (κ1) is 8.91. The standard InChI is InChI=1S/C8H15N.F2/c1-7-6-9-4-2-8(7)3-5-9;1-2/h7-8H,2-6H2,1H3;/t7-;/m0./s1. The summed E-state index contributed by atoms with van der Waals surface area (Å²) in [5.74, 6) is 2.07. The number of rotatable bonds is 0. The molecule has 2 bridgehead atoms. The molecule has 1 atom stereocenters. The lowest BCUT2D eigenvalue weighted by Gasteiger charge is -2.43. The third-order valence-electron chi connectivity index (χ3n) is 2.98. The molecule has 0 aromatic rings. The Morgan fingerprint density at radius 1 is 1.18 bits per heavy atom. The molecular formula is C8H15F2N. The van der Waals surface area contributed by atoms with E-state index in [1.54, 1.807) is 0 Å². The van der Waals surface area contributed by atoms with Gasteiger partial charge in [0.05, 0.1) is 0 Å². The van der Waals surface area contributed by atoms with E-state index >= 15 is 0 Å². The molecule has 0 N–H and O–H groups in total. The molecule has 0 aromatic carbocycles. The zero-order chi connectivity index (χ0) is 8.27. The third kappa shape index (κ3) is 1.89. The largest absolute Gasteiger partial charge is 0.303 e. The zero-order valence-corrected chi connectivity index (χ0v) is 6.89. The summed E-state index contributed by atoms with van der Waals surface area (Å²) in [5.41, 5.74) is 0. The van der Waals surface area contributed by atoms with Crippen molar-refractivity contribution < 1.29 is 9.15 Å². The van der Waals surface area contributed by atoms with Crippen LogP contribution in [0.15, 0.2) is 0 Å². The van der Waals surface area contributed by atoms with Crippen molar-refractivity contribution in [2.75, 3.05) is 19.6 Å². The molecule has 0 aromatic heterocycles. The van der Waals surface area contributed by atoms with Crippen molar-refractivity contribution in [1.29, 1.82) is 0 Å². The van der Waals surface area contributed by atoms with Crippen molar-refractivity contribution in [3.63, 3.8) is 0 Å². The summed E-state index contributed by atoms with van der Waals surface area (Å²) in [6.07, 6.45) is 2.95. The molecule has 3 fully saturated rings. The van der Waals surface area contributed by atoms with E-state index in [9.17, 15) is 0 Å². The Morgan fingerprint density at radius 2 is 1.73 bits per heavy atom. The maximum absolute atomic E-state index is 8.00. The quantitative estimate of drug-likeness (QED) is 0.529. The monoisotopic (exact) mass is 163 g/mol. The van der Waals surface area contributed by atoms with Crippen LogP contribution < -0.4 is 0 Å². The Balaban J connectivity index is 0.000000281. The van der Waals surface area contributed by atoms with Gasteiger partial charge in [-0.3, -0.25) is 0 Å². The van der Waals surface area contributed by atoms with Gasteiger partial charge in [0, 0.05) is 15.7 Å². The molecule has 11 heavy (non-hydrogen) atoms. The minimum absolute atomic E-state index is 0.993. The summed E-state index contributed by atoms with van der Waals surface area (Å²) in [6.45, 7) is 6.55. The van der Waals surface area contributed by atoms with Gasteiger partial charge in [-0.15, -0.1) is 0 Å². The second-order valence-corrected chi connectivity index (χ2v) is 3.62.